The monoisotopic (exact) mass is 263 g/mol. The Bertz CT molecular complexity index is 531. The first-order valence-electron chi connectivity index (χ1n) is 6.02. The first kappa shape index (κ1) is 13.5. The molecule has 0 amide bonds. The highest BCUT2D eigenvalue weighted by Crippen LogP contribution is 2.13. The lowest BCUT2D eigenvalue weighted by molar-refractivity contribution is 0.286. The van der Waals surface area contributed by atoms with Crippen molar-refractivity contribution >= 4 is 0 Å². The minimum atomic E-state index is -0.465. The van der Waals surface area contributed by atoms with Gasteiger partial charge in [-0.2, -0.15) is 0 Å². The molecule has 0 bridgehead atoms. The summed E-state index contributed by atoms with van der Waals surface area (Å²) in [5.74, 6) is -0.207. The molecule has 0 aromatic heterocycles. The third-order valence-electron chi connectivity index (χ3n) is 2.70. The molecule has 0 spiro atoms. The lowest BCUT2D eigenvalue weighted by Crippen LogP contribution is -2.30. The van der Waals surface area contributed by atoms with E-state index >= 15 is 0 Å². The first-order valence-corrected chi connectivity index (χ1v) is 6.02. The number of rotatable bonds is 5. The fraction of sp³-hybridized carbons (Fsp3) is 0.200. The Morgan fingerprint density at radius 3 is 2.53 bits per heavy atom. The average molecular weight is 263 g/mol. The van der Waals surface area contributed by atoms with Crippen molar-refractivity contribution in [3.8, 4) is 5.75 Å². The van der Waals surface area contributed by atoms with E-state index in [1.165, 1.54) is 0 Å². The SMILES string of the molecule is NC(COc1ccccc1)Cc1cc(F)ccc1F. The fourth-order valence-corrected chi connectivity index (χ4v) is 1.76. The van der Waals surface area contributed by atoms with E-state index in [1.807, 2.05) is 30.3 Å². The van der Waals surface area contributed by atoms with E-state index in [4.69, 9.17) is 10.5 Å². The van der Waals surface area contributed by atoms with Gasteiger partial charge in [0, 0.05) is 6.04 Å². The van der Waals surface area contributed by atoms with Gasteiger partial charge < -0.3 is 10.5 Å². The maximum Gasteiger partial charge on any atom is 0.126 e. The molecule has 100 valence electrons. The quantitative estimate of drug-likeness (QED) is 0.900. The summed E-state index contributed by atoms with van der Waals surface area (Å²) < 4.78 is 31.9. The summed E-state index contributed by atoms with van der Waals surface area (Å²) in [4.78, 5) is 0. The zero-order valence-electron chi connectivity index (χ0n) is 10.4. The van der Waals surface area contributed by atoms with Gasteiger partial charge in [-0.25, -0.2) is 8.78 Å². The largest absolute Gasteiger partial charge is 0.492 e. The highest BCUT2D eigenvalue weighted by molar-refractivity contribution is 5.22. The summed E-state index contributed by atoms with van der Waals surface area (Å²) in [6, 6.07) is 12.2. The second-order valence-corrected chi connectivity index (χ2v) is 4.32. The van der Waals surface area contributed by atoms with Crippen molar-refractivity contribution in [2.45, 2.75) is 12.5 Å². The van der Waals surface area contributed by atoms with Crippen molar-refractivity contribution in [1.29, 1.82) is 0 Å². The van der Waals surface area contributed by atoms with Crippen LogP contribution in [0.2, 0.25) is 0 Å². The van der Waals surface area contributed by atoms with Gasteiger partial charge in [-0.1, -0.05) is 18.2 Å². The molecule has 0 fully saturated rings. The highest BCUT2D eigenvalue weighted by atomic mass is 19.1. The summed E-state index contributed by atoms with van der Waals surface area (Å²) >= 11 is 0. The fourth-order valence-electron chi connectivity index (χ4n) is 1.76. The van der Waals surface area contributed by atoms with Crippen LogP contribution in [0.25, 0.3) is 0 Å². The van der Waals surface area contributed by atoms with Crippen LogP contribution in [0.1, 0.15) is 5.56 Å². The Morgan fingerprint density at radius 1 is 1.05 bits per heavy atom. The van der Waals surface area contributed by atoms with E-state index < -0.39 is 17.7 Å². The van der Waals surface area contributed by atoms with Crippen molar-refractivity contribution in [2.24, 2.45) is 5.73 Å². The van der Waals surface area contributed by atoms with Crippen molar-refractivity contribution in [3.05, 3.63) is 65.7 Å². The van der Waals surface area contributed by atoms with Crippen molar-refractivity contribution in [2.75, 3.05) is 6.61 Å². The number of hydrogen-bond donors (Lipinski definition) is 1. The van der Waals surface area contributed by atoms with Crippen LogP contribution in [0.4, 0.5) is 8.78 Å². The van der Waals surface area contributed by atoms with E-state index in [-0.39, 0.29) is 18.6 Å². The van der Waals surface area contributed by atoms with Crippen LogP contribution >= 0.6 is 0 Å². The van der Waals surface area contributed by atoms with Gasteiger partial charge in [0.15, 0.2) is 0 Å². The zero-order valence-corrected chi connectivity index (χ0v) is 10.4. The molecule has 1 unspecified atom stereocenters. The third-order valence-corrected chi connectivity index (χ3v) is 2.70. The van der Waals surface area contributed by atoms with Gasteiger partial charge in [0.1, 0.15) is 24.0 Å². The Morgan fingerprint density at radius 2 is 1.79 bits per heavy atom. The summed E-state index contributed by atoms with van der Waals surface area (Å²) in [6.45, 7) is 0.250. The second kappa shape index (κ2) is 6.29. The van der Waals surface area contributed by atoms with Crippen LogP contribution in [0, 0.1) is 11.6 Å². The van der Waals surface area contributed by atoms with Gasteiger partial charge in [-0.3, -0.25) is 0 Å². The van der Waals surface area contributed by atoms with E-state index in [0.717, 1.165) is 18.2 Å². The summed E-state index contributed by atoms with van der Waals surface area (Å²) in [6.07, 6.45) is 0.233. The molecule has 0 heterocycles. The second-order valence-electron chi connectivity index (χ2n) is 4.32. The minimum Gasteiger partial charge on any atom is -0.492 e. The van der Waals surface area contributed by atoms with Gasteiger partial charge in [0.2, 0.25) is 0 Å². The molecule has 2 rings (SSSR count). The molecule has 2 aromatic rings. The minimum absolute atomic E-state index is 0.233. The maximum atomic E-state index is 13.4. The Kier molecular flexibility index (Phi) is 4.47. The van der Waals surface area contributed by atoms with E-state index in [9.17, 15) is 8.78 Å². The Balaban J connectivity index is 1.90. The maximum absolute atomic E-state index is 13.4. The molecule has 2 nitrogen and oxygen atoms in total. The molecule has 0 radical (unpaired) electrons. The van der Waals surface area contributed by atoms with Crippen molar-refractivity contribution in [1.82, 2.24) is 0 Å². The third kappa shape index (κ3) is 4.03. The molecular formula is C15H15F2NO. The van der Waals surface area contributed by atoms with E-state index in [0.29, 0.717) is 5.75 Å². The van der Waals surface area contributed by atoms with Crippen LogP contribution in [0.15, 0.2) is 48.5 Å². The molecule has 0 saturated heterocycles. The lowest BCUT2D eigenvalue weighted by atomic mass is 10.1. The molecule has 2 N–H and O–H groups in total. The Labute approximate surface area is 110 Å². The average Bonchev–Trinajstić information content (AvgIpc) is 2.42. The molecule has 19 heavy (non-hydrogen) atoms. The number of hydrogen-bond acceptors (Lipinski definition) is 2. The van der Waals surface area contributed by atoms with Gasteiger partial charge >= 0.3 is 0 Å². The molecule has 4 heteroatoms. The van der Waals surface area contributed by atoms with Gasteiger partial charge in [-0.15, -0.1) is 0 Å². The summed E-state index contributed by atoms with van der Waals surface area (Å²) in [7, 11) is 0. The van der Waals surface area contributed by atoms with Crippen molar-refractivity contribution < 1.29 is 13.5 Å². The molecule has 1 atom stereocenters. The standard InChI is InChI=1S/C15H15F2NO/c16-12-6-7-15(17)11(8-12)9-13(18)10-19-14-4-2-1-3-5-14/h1-8,13H,9-10,18H2. The molecule has 0 saturated carbocycles. The molecule has 0 aliphatic carbocycles. The van der Waals surface area contributed by atoms with Gasteiger partial charge in [0.05, 0.1) is 0 Å². The number of nitrogens with two attached hydrogens (primary N) is 1. The number of para-hydroxylation sites is 1. The van der Waals surface area contributed by atoms with Crippen molar-refractivity contribution in [3.63, 3.8) is 0 Å². The van der Waals surface area contributed by atoms with E-state index in [2.05, 4.69) is 0 Å². The number of benzene rings is 2. The van der Waals surface area contributed by atoms with Crippen LogP contribution < -0.4 is 10.5 Å². The molecule has 0 aliphatic heterocycles. The number of halogens is 2. The molecule has 2 aromatic carbocycles. The topological polar surface area (TPSA) is 35.2 Å². The van der Waals surface area contributed by atoms with Crippen LogP contribution in [0.5, 0.6) is 5.75 Å². The summed E-state index contributed by atoms with van der Waals surface area (Å²) in [5.41, 5.74) is 6.13. The first-order chi connectivity index (χ1) is 9.15. The number of ether oxygens (including phenoxy) is 1. The normalized spacial score (nSPS) is 12.2. The van der Waals surface area contributed by atoms with Crippen LogP contribution in [-0.2, 0) is 6.42 Å². The summed E-state index contributed by atoms with van der Waals surface area (Å²) in [5, 5.41) is 0. The van der Waals surface area contributed by atoms with Gasteiger partial charge in [-0.05, 0) is 42.3 Å². The predicted octanol–water partition coefficient (Wildman–Crippen LogP) is 2.91. The molecular weight excluding hydrogens is 248 g/mol. The zero-order chi connectivity index (χ0) is 13.7. The molecule has 0 aliphatic rings. The van der Waals surface area contributed by atoms with Gasteiger partial charge in [0.25, 0.3) is 0 Å². The van der Waals surface area contributed by atoms with Crippen LogP contribution in [0.3, 0.4) is 0 Å². The Hall–Kier alpha value is -1.94. The highest BCUT2D eigenvalue weighted by Gasteiger charge is 2.10. The predicted molar refractivity (Wildman–Crippen MR) is 70.0 cm³/mol. The van der Waals surface area contributed by atoms with E-state index in [1.54, 1.807) is 0 Å². The van der Waals surface area contributed by atoms with Crippen LogP contribution in [-0.4, -0.2) is 12.6 Å². The smallest absolute Gasteiger partial charge is 0.126 e. The lowest BCUT2D eigenvalue weighted by Gasteiger charge is -2.13.